The third kappa shape index (κ3) is 2.64. The van der Waals surface area contributed by atoms with Gasteiger partial charge in [0.05, 0.1) is 5.50 Å². The highest BCUT2D eigenvalue weighted by atomic mass is 35.5. The lowest BCUT2D eigenvalue weighted by molar-refractivity contribution is 0.216. The van der Waals surface area contributed by atoms with Gasteiger partial charge < -0.3 is 0 Å². The van der Waals surface area contributed by atoms with Crippen LogP contribution in [0.5, 0.6) is 0 Å². The van der Waals surface area contributed by atoms with Gasteiger partial charge >= 0.3 is 0 Å². The molecule has 0 amide bonds. The molecule has 1 saturated heterocycles. The lowest BCUT2D eigenvalue weighted by atomic mass is 9.82. The zero-order chi connectivity index (χ0) is 8.48. The van der Waals surface area contributed by atoms with E-state index in [1.54, 1.807) is 0 Å². The first kappa shape index (κ1) is 9.34. The molecule has 0 saturated carbocycles. The fourth-order valence-corrected chi connectivity index (χ4v) is 1.88. The summed E-state index contributed by atoms with van der Waals surface area (Å²) >= 11 is 6.01. The molecule has 2 atom stereocenters. The van der Waals surface area contributed by atoms with Gasteiger partial charge in [-0.1, -0.05) is 20.8 Å². The Bertz CT molecular complexity index is 128. The Morgan fingerprint density at radius 3 is 2.27 bits per heavy atom. The van der Waals surface area contributed by atoms with Crippen molar-refractivity contribution in [2.75, 3.05) is 0 Å². The molecule has 1 aliphatic rings. The third-order valence-corrected chi connectivity index (χ3v) is 2.72. The van der Waals surface area contributed by atoms with E-state index in [-0.39, 0.29) is 5.50 Å². The second-order valence-corrected chi connectivity index (χ2v) is 5.01. The van der Waals surface area contributed by atoms with Gasteiger partial charge in [0, 0.05) is 6.04 Å². The van der Waals surface area contributed by atoms with Crippen LogP contribution in [0.1, 0.15) is 40.0 Å². The Hall–Kier alpha value is 0.250. The minimum absolute atomic E-state index is 0.202. The molecule has 1 aliphatic heterocycles. The molecule has 0 radical (unpaired) electrons. The predicted octanol–water partition coefficient (Wildman–Crippen LogP) is 2.74. The molecule has 0 bridgehead atoms. The van der Waals surface area contributed by atoms with E-state index >= 15 is 0 Å². The van der Waals surface area contributed by atoms with E-state index in [0.717, 1.165) is 6.42 Å². The van der Waals surface area contributed by atoms with Crippen molar-refractivity contribution in [2.24, 2.45) is 5.41 Å². The predicted molar refractivity (Wildman–Crippen MR) is 49.9 cm³/mol. The number of nitrogens with one attached hydrogen (secondary N) is 1. The summed E-state index contributed by atoms with van der Waals surface area (Å²) in [6, 6.07) is 0.596. The highest BCUT2D eigenvalue weighted by Crippen LogP contribution is 2.28. The summed E-state index contributed by atoms with van der Waals surface area (Å²) in [5.74, 6) is 0. The average molecular weight is 176 g/mol. The summed E-state index contributed by atoms with van der Waals surface area (Å²) in [4.78, 5) is 0. The van der Waals surface area contributed by atoms with Gasteiger partial charge in [0.1, 0.15) is 0 Å². The van der Waals surface area contributed by atoms with Crippen LogP contribution < -0.4 is 5.32 Å². The summed E-state index contributed by atoms with van der Waals surface area (Å²) in [5, 5.41) is 3.42. The molecule has 1 fully saturated rings. The van der Waals surface area contributed by atoms with Crippen LogP contribution in [0.15, 0.2) is 0 Å². The summed E-state index contributed by atoms with van der Waals surface area (Å²) < 4.78 is 0. The first-order chi connectivity index (χ1) is 5.00. The van der Waals surface area contributed by atoms with Gasteiger partial charge in [0.25, 0.3) is 0 Å². The van der Waals surface area contributed by atoms with Gasteiger partial charge in [0.15, 0.2) is 0 Å². The molecule has 11 heavy (non-hydrogen) atoms. The van der Waals surface area contributed by atoms with Crippen LogP contribution in [0.3, 0.4) is 0 Å². The molecule has 0 aromatic heterocycles. The Labute approximate surface area is 74.5 Å². The molecule has 0 aliphatic carbocycles. The molecule has 2 unspecified atom stereocenters. The molecule has 1 heterocycles. The maximum Gasteiger partial charge on any atom is 0.0827 e. The van der Waals surface area contributed by atoms with Crippen LogP contribution in [0.2, 0.25) is 0 Å². The van der Waals surface area contributed by atoms with Gasteiger partial charge in [-0.15, -0.1) is 11.6 Å². The highest BCUT2D eigenvalue weighted by Gasteiger charge is 2.28. The van der Waals surface area contributed by atoms with Gasteiger partial charge in [-0.05, 0) is 24.7 Å². The minimum atomic E-state index is 0.202. The van der Waals surface area contributed by atoms with Crippen molar-refractivity contribution in [1.29, 1.82) is 0 Å². The Kier molecular flexibility index (Phi) is 2.82. The topological polar surface area (TPSA) is 12.0 Å². The van der Waals surface area contributed by atoms with E-state index < -0.39 is 0 Å². The minimum Gasteiger partial charge on any atom is -0.298 e. The van der Waals surface area contributed by atoms with Gasteiger partial charge in [-0.2, -0.15) is 0 Å². The van der Waals surface area contributed by atoms with Gasteiger partial charge in [-0.3, -0.25) is 5.32 Å². The number of hydrogen-bond acceptors (Lipinski definition) is 1. The van der Waals surface area contributed by atoms with Crippen molar-refractivity contribution in [1.82, 2.24) is 5.32 Å². The van der Waals surface area contributed by atoms with Crippen LogP contribution in [0.25, 0.3) is 0 Å². The smallest absolute Gasteiger partial charge is 0.0827 e. The number of piperidine rings is 1. The summed E-state index contributed by atoms with van der Waals surface area (Å²) in [6.07, 6.45) is 3.66. The van der Waals surface area contributed by atoms with E-state index in [0.29, 0.717) is 11.5 Å². The third-order valence-electron chi connectivity index (χ3n) is 2.38. The highest BCUT2D eigenvalue weighted by molar-refractivity contribution is 6.20. The molecule has 0 aromatic carbocycles. The lowest BCUT2D eigenvalue weighted by Gasteiger charge is -2.36. The van der Waals surface area contributed by atoms with Gasteiger partial charge in [0.2, 0.25) is 0 Å². The Balaban J connectivity index is 2.46. The average Bonchev–Trinajstić information content (AvgIpc) is 1.86. The van der Waals surface area contributed by atoms with Gasteiger partial charge in [-0.25, -0.2) is 0 Å². The van der Waals surface area contributed by atoms with Crippen LogP contribution in [-0.4, -0.2) is 11.5 Å². The molecule has 66 valence electrons. The molecule has 0 aromatic rings. The monoisotopic (exact) mass is 175 g/mol. The van der Waals surface area contributed by atoms with E-state index in [1.165, 1.54) is 12.8 Å². The van der Waals surface area contributed by atoms with E-state index in [4.69, 9.17) is 11.6 Å². The SMILES string of the molecule is CC(C)(C)C1CCCC(Cl)N1. The first-order valence-corrected chi connectivity index (χ1v) is 4.84. The molecule has 1 nitrogen and oxygen atoms in total. The number of halogens is 1. The van der Waals surface area contributed by atoms with Crippen molar-refractivity contribution in [3.05, 3.63) is 0 Å². The Morgan fingerprint density at radius 2 is 1.91 bits per heavy atom. The van der Waals surface area contributed by atoms with E-state index in [1.807, 2.05) is 0 Å². The largest absolute Gasteiger partial charge is 0.298 e. The lowest BCUT2D eigenvalue weighted by Crippen LogP contribution is -2.46. The van der Waals surface area contributed by atoms with E-state index in [9.17, 15) is 0 Å². The summed E-state index contributed by atoms with van der Waals surface area (Å²) in [5.41, 5.74) is 0.557. The van der Waals surface area contributed by atoms with Crippen molar-refractivity contribution in [3.8, 4) is 0 Å². The van der Waals surface area contributed by atoms with Crippen LogP contribution in [0, 0.1) is 5.41 Å². The summed E-state index contributed by atoms with van der Waals surface area (Å²) in [6.45, 7) is 6.79. The standard InChI is InChI=1S/C9H18ClN/c1-9(2,3)7-5-4-6-8(10)11-7/h7-8,11H,4-6H2,1-3H3. The number of hydrogen-bond donors (Lipinski definition) is 1. The first-order valence-electron chi connectivity index (χ1n) is 4.40. The quantitative estimate of drug-likeness (QED) is 0.441. The fraction of sp³-hybridized carbons (Fsp3) is 1.00. The van der Waals surface area contributed by atoms with E-state index in [2.05, 4.69) is 26.1 Å². The van der Waals surface area contributed by atoms with Crippen molar-refractivity contribution in [3.63, 3.8) is 0 Å². The molecular formula is C9H18ClN. The number of rotatable bonds is 0. The molecule has 2 heteroatoms. The zero-order valence-electron chi connectivity index (χ0n) is 7.65. The maximum absolute atomic E-state index is 6.01. The second kappa shape index (κ2) is 3.32. The maximum atomic E-state index is 6.01. The van der Waals surface area contributed by atoms with Crippen molar-refractivity contribution >= 4 is 11.6 Å². The Morgan fingerprint density at radius 1 is 1.27 bits per heavy atom. The molecule has 1 N–H and O–H groups in total. The molecular weight excluding hydrogens is 158 g/mol. The molecule has 1 rings (SSSR count). The van der Waals surface area contributed by atoms with Crippen molar-refractivity contribution < 1.29 is 0 Å². The molecule has 0 spiro atoms. The zero-order valence-corrected chi connectivity index (χ0v) is 8.41. The summed E-state index contributed by atoms with van der Waals surface area (Å²) in [7, 11) is 0. The van der Waals surface area contributed by atoms with Crippen molar-refractivity contribution in [2.45, 2.75) is 51.6 Å². The van der Waals surface area contributed by atoms with Crippen LogP contribution in [-0.2, 0) is 0 Å². The number of alkyl halides is 1. The van der Waals surface area contributed by atoms with Crippen LogP contribution >= 0.6 is 11.6 Å². The second-order valence-electron chi connectivity index (χ2n) is 4.48. The van der Waals surface area contributed by atoms with Crippen LogP contribution in [0.4, 0.5) is 0 Å². The fourth-order valence-electron chi connectivity index (χ4n) is 1.57. The normalized spacial score (nSPS) is 33.8.